The Bertz CT molecular complexity index is 1140. The Morgan fingerprint density at radius 1 is 0.350 bits per heavy atom. The molecule has 0 fully saturated rings. The molecule has 0 saturated carbocycles. The molecule has 6 nitrogen and oxygen atoms in total. The lowest BCUT2D eigenvalue weighted by Crippen LogP contribution is -2.30. The molecule has 0 rings (SSSR count). The molecule has 0 aliphatic heterocycles. The zero-order valence-corrected chi connectivity index (χ0v) is 39.2. The van der Waals surface area contributed by atoms with Crippen LogP contribution in [0.5, 0.6) is 0 Å². The minimum atomic E-state index is -0.788. The molecule has 1 atom stereocenters. The van der Waals surface area contributed by atoms with Gasteiger partial charge in [0.1, 0.15) is 13.2 Å². The standard InChI is InChI=1S/C54H92O6/c1-4-7-10-13-16-19-21-23-25-27-29-30-32-35-38-41-44-47-53(56)59-50-51(49-58-52(55)46-43-40-37-34-18-15-12-9-6-3)60-54(57)48-45-42-39-36-33-31-28-26-24-22-20-17-14-11-8-5-2/h7,10,13,16,19,21,23,25,27,29-30,32,51H,4-6,8-9,11-12,14-15,17-18,20,22,24,26,28,31,33-50H2,1-3H3/b10-7-,16-13-,21-19-,25-23-,29-27+,32-30-. The van der Waals surface area contributed by atoms with Gasteiger partial charge < -0.3 is 14.2 Å². The number of allylic oxidation sites excluding steroid dienone is 12. The van der Waals surface area contributed by atoms with Crippen LogP contribution in [0.3, 0.4) is 0 Å². The summed E-state index contributed by atoms with van der Waals surface area (Å²) < 4.78 is 16.7. The van der Waals surface area contributed by atoms with E-state index >= 15 is 0 Å². The third-order valence-electron chi connectivity index (χ3n) is 10.6. The summed E-state index contributed by atoms with van der Waals surface area (Å²) >= 11 is 0. The molecule has 0 aromatic carbocycles. The Balaban J connectivity index is 4.41. The summed E-state index contributed by atoms with van der Waals surface area (Å²) in [5.41, 5.74) is 0. The van der Waals surface area contributed by atoms with Crippen molar-refractivity contribution in [2.75, 3.05) is 13.2 Å². The molecule has 0 aromatic heterocycles. The number of carbonyl (C=O) groups is 3. The van der Waals surface area contributed by atoms with Crippen LogP contribution in [0.25, 0.3) is 0 Å². The lowest BCUT2D eigenvalue weighted by atomic mass is 10.0. The van der Waals surface area contributed by atoms with Gasteiger partial charge in [-0.05, 0) is 38.5 Å². The van der Waals surface area contributed by atoms with E-state index in [1.807, 2.05) is 60.8 Å². The van der Waals surface area contributed by atoms with E-state index in [9.17, 15) is 14.4 Å². The Morgan fingerprint density at radius 3 is 1.02 bits per heavy atom. The van der Waals surface area contributed by atoms with Gasteiger partial charge in [-0.15, -0.1) is 0 Å². The molecule has 0 aliphatic rings. The lowest BCUT2D eigenvalue weighted by molar-refractivity contribution is -0.167. The highest BCUT2D eigenvalue weighted by atomic mass is 16.6. The number of rotatable bonds is 44. The smallest absolute Gasteiger partial charge is 0.306 e. The van der Waals surface area contributed by atoms with E-state index in [-0.39, 0.29) is 31.1 Å². The van der Waals surface area contributed by atoms with Crippen molar-refractivity contribution in [3.63, 3.8) is 0 Å². The summed E-state index contributed by atoms with van der Waals surface area (Å²) in [6.45, 7) is 6.44. The highest BCUT2D eigenvalue weighted by Gasteiger charge is 2.19. The Kier molecular flexibility index (Phi) is 46.0. The third-order valence-corrected chi connectivity index (χ3v) is 10.6. The fourth-order valence-electron chi connectivity index (χ4n) is 6.89. The van der Waals surface area contributed by atoms with Gasteiger partial charge in [-0.25, -0.2) is 0 Å². The molecule has 0 amide bonds. The maximum atomic E-state index is 12.8. The van der Waals surface area contributed by atoms with Gasteiger partial charge in [-0.2, -0.15) is 0 Å². The van der Waals surface area contributed by atoms with Crippen molar-refractivity contribution < 1.29 is 28.6 Å². The zero-order valence-electron chi connectivity index (χ0n) is 39.2. The largest absolute Gasteiger partial charge is 0.462 e. The Hall–Kier alpha value is -3.15. The summed E-state index contributed by atoms with van der Waals surface area (Å²) in [6, 6.07) is 0. The first kappa shape index (κ1) is 56.9. The molecular weight excluding hydrogens is 745 g/mol. The zero-order chi connectivity index (χ0) is 43.7. The van der Waals surface area contributed by atoms with Crippen LogP contribution in [0.2, 0.25) is 0 Å². The summed E-state index contributed by atoms with van der Waals surface area (Å²) in [7, 11) is 0. The molecule has 0 radical (unpaired) electrons. The summed E-state index contributed by atoms with van der Waals surface area (Å²) in [4.78, 5) is 37.8. The van der Waals surface area contributed by atoms with E-state index in [1.54, 1.807) is 0 Å². The maximum absolute atomic E-state index is 12.8. The first-order chi connectivity index (χ1) is 29.5. The highest BCUT2D eigenvalue weighted by Crippen LogP contribution is 2.15. The van der Waals surface area contributed by atoms with Crippen molar-refractivity contribution in [3.05, 3.63) is 72.9 Å². The summed E-state index contributed by atoms with van der Waals surface area (Å²) in [6.07, 6.45) is 60.3. The van der Waals surface area contributed by atoms with Crippen molar-refractivity contribution >= 4 is 17.9 Å². The third kappa shape index (κ3) is 45.9. The van der Waals surface area contributed by atoms with Gasteiger partial charge in [0.25, 0.3) is 0 Å². The Morgan fingerprint density at radius 2 is 0.650 bits per heavy atom. The molecule has 0 aliphatic carbocycles. The molecule has 0 spiro atoms. The van der Waals surface area contributed by atoms with Gasteiger partial charge in [0.05, 0.1) is 0 Å². The fourth-order valence-corrected chi connectivity index (χ4v) is 6.89. The summed E-state index contributed by atoms with van der Waals surface area (Å²) in [5, 5.41) is 0. The van der Waals surface area contributed by atoms with Gasteiger partial charge >= 0.3 is 17.9 Å². The van der Waals surface area contributed by atoms with Crippen molar-refractivity contribution in [2.45, 2.75) is 239 Å². The second-order valence-corrected chi connectivity index (χ2v) is 16.5. The van der Waals surface area contributed by atoms with Crippen LogP contribution < -0.4 is 0 Å². The topological polar surface area (TPSA) is 78.9 Å². The SMILES string of the molecule is CC\C=C/C=C\C=C/C=C\C=C\C=C/CCCCCC(=O)OCC(COC(=O)CCCCCCCCCCC)OC(=O)CCCCCCCCCCCCCCCCCC. The molecule has 344 valence electrons. The minimum absolute atomic E-state index is 0.0875. The van der Waals surface area contributed by atoms with Crippen molar-refractivity contribution in [1.82, 2.24) is 0 Å². The predicted molar refractivity (Wildman–Crippen MR) is 256 cm³/mol. The summed E-state index contributed by atoms with van der Waals surface area (Å²) in [5.74, 6) is -0.932. The lowest BCUT2D eigenvalue weighted by Gasteiger charge is -2.18. The molecule has 60 heavy (non-hydrogen) atoms. The minimum Gasteiger partial charge on any atom is -0.462 e. The van der Waals surface area contributed by atoms with Gasteiger partial charge in [-0.1, -0.05) is 248 Å². The molecule has 0 saturated heterocycles. The van der Waals surface area contributed by atoms with Crippen molar-refractivity contribution in [2.24, 2.45) is 0 Å². The number of esters is 3. The second kappa shape index (κ2) is 48.5. The molecule has 6 heteroatoms. The van der Waals surface area contributed by atoms with E-state index in [2.05, 4.69) is 32.9 Å². The van der Waals surface area contributed by atoms with E-state index in [4.69, 9.17) is 14.2 Å². The number of hydrogen-bond acceptors (Lipinski definition) is 6. The predicted octanol–water partition coefficient (Wildman–Crippen LogP) is 16.3. The molecule has 0 bridgehead atoms. The van der Waals surface area contributed by atoms with Crippen LogP contribution in [0, 0.1) is 0 Å². The molecular formula is C54H92O6. The van der Waals surface area contributed by atoms with Crippen LogP contribution in [0.4, 0.5) is 0 Å². The molecule has 1 unspecified atom stereocenters. The fraction of sp³-hybridized carbons (Fsp3) is 0.722. The first-order valence-electron chi connectivity index (χ1n) is 25.0. The van der Waals surface area contributed by atoms with Crippen LogP contribution >= 0.6 is 0 Å². The van der Waals surface area contributed by atoms with E-state index in [0.717, 1.165) is 70.6 Å². The number of unbranched alkanes of at least 4 members (excludes halogenated alkanes) is 26. The van der Waals surface area contributed by atoms with Crippen molar-refractivity contribution in [1.29, 1.82) is 0 Å². The van der Waals surface area contributed by atoms with Gasteiger partial charge in [-0.3, -0.25) is 14.4 Å². The normalized spacial score (nSPS) is 12.7. The number of carbonyl (C=O) groups excluding carboxylic acids is 3. The van der Waals surface area contributed by atoms with Crippen LogP contribution in [-0.2, 0) is 28.6 Å². The molecule has 0 aromatic rings. The number of hydrogen-bond donors (Lipinski definition) is 0. The van der Waals surface area contributed by atoms with Crippen LogP contribution in [0.15, 0.2) is 72.9 Å². The quantitative estimate of drug-likeness (QED) is 0.0263. The van der Waals surface area contributed by atoms with Crippen LogP contribution in [-0.4, -0.2) is 37.2 Å². The van der Waals surface area contributed by atoms with Gasteiger partial charge in [0.2, 0.25) is 0 Å². The van der Waals surface area contributed by atoms with Crippen molar-refractivity contribution in [3.8, 4) is 0 Å². The number of ether oxygens (including phenoxy) is 3. The average molecular weight is 837 g/mol. The van der Waals surface area contributed by atoms with Gasteiger partial charge in [0, 0.05) is 19.3 Å². The molecule has 0 heterocycles. The second-order valence-electron chi connectivity index (χ2n) is 16.5. The van der Waals surface area contributed by atoms with E-state index in [1.165, 1.54) is 122 Å². The van der Waals surface area contributed by atoms with Crippen LogP contribution in [0.1, 0.15) is 233 Å². The monoisotopic (exact) mass is 837 g/mol. The van der Waals surface area contributed by atoms with E-state index in [0.29, 0.717) is 19.3 Å². The average Bonchev–Trinajstić information content (AvgIpc) is 3.24. The first-order valence-corrected chi connectivity index (χ1v) is 25.0. The molecule has 0 N–H and O–H groups in total. The Labute approximate surface area is 370 Å². The van der Waals surface area contributed by atoms with Gasteiger partial charge in [0.15, 0.2) is 6.10 Å². The maximum Gasteiger partial charge on any atom is 0.306 e. The highest BCUT2D eigenvalue weighted by molar-refractivity contribution is 5.71. The van der Waals surface area contributed by atoms with E-state index < -0.39 is 6.10 Å².